The molecule has 37 heteroatoms. The van der Waals surface area contributed by atoms with Gasteiger partial charge in [-0.1, -0.05) is 0 Å². The Balaban J connectivity index is 3.79. The molecule has 5 N–H and O–H groups in total. The van der Waals surface area contributed by atoms with Crippen LogP contribution < -0.4 is 0 Å². The Hall–Kier alpha value is -0.670. The van der Waals surface area contributed by atoms with E-state index < -0.39 is 150 Å². The first-order valence-corrected chi connectivity index (χ1v) is 20.8. The van der Waals surface area contributed by atoms with E-state index in [-0.39, 0.29) is 0 Å². The lowest BCUT2D eigenvalue weighted by Crippen LogP contribution is -2.63. The molecule has 1 aliphatic rings. The van der Waals surface area contributed by atoms with E-state index in [0.717, 1.165) is 0 Å². The number of ether oxygens (including phenoxy) is 4. The van der Waals surface area contributed by atoms with Crippen LogP contribution in [0.3, 0.4) is 0 Å². The van der Waals surface area contributed by atoms with Crippen LogP contribution in [0.4, 0.5) is 0 Å². The van der Waals surface area contributed by atoms with Crippen LogP contribution >= 0.6 is 0 Å². The molecule has 1 fully saturated rings. The highest BCUT2D eigenvalue weighted by molar-refractivity contribution is 7.81. The molecule has 0 saturated carbocycles. The zero-order valence-electron chi connectivity index (χ0n) is 24.6. The minimum Gasteiger partial charge on any atom is -0.750 e. The van der Waals surface area contributed by atoms with Gasteiger partial charge in [0.2, 0.25) is 0 Å². The summed E-state index contributed by atoms with van der Waals surface area (Å²) in [6, 6.07) is 0. The summed E-state index contributed by atoms with van der Waals surface area (Å²) in [4.78, 5) is 0. The second-order valence-corrected chi connectivity index (χ2v) is 15.4. The monoisotopic (exact) mass is 898 g/mol. The van der Waals surface area contributed by atoms with E-state index in [4.69, 9.17) is 32.6 Å². The van der Waals surface area contributed by atoms with Crippen molar-refractivity contribution in [1.29, 1.82) is 0 Å². The van der Waals surface area contributed by atoms with E-state index in [1.807, 2.05) is 0 Å². The average molecular weight is 899 g/mol. The van der Waals surface area contributed by atoms with Gasteiger partial charge in [0.05, 0.1) is 42.5 Å². The number of rotatable bonds is 24. The fraction of sp³-hybridized carbons (Fsp3) is 1.00. The van der Waals surface area contributed by atoms with Crippen molar-refractivity contribution >= 4 is 74.7 Å². The predicted octanol–water partition coefficient (Wildman–Crippen LogP) is -5.68. The Morgan fingerprint density at radius 1 is 0.627 bits per heavy atom. The van der Waals surface area contributed by atoms with Crippen molar-refractivity contribution in [3.8, 4) is 0 Å². The molecule has 306 valence electrons. The van der Waals surface area contributed by atoms with E-state index in [1.54, 1.807) is 0 Å². The molecule has 0 amide bonds. The van der Waals surface area contributed by atoms with Gasteiger partial charge in [0, 0.05) is 14.2 Å². The lowest BCUT2D eigenvalue weighted by molar-refractivity contribution is -0.292. The highest BCUT2D eigenvalue weighted by atomic mass is 32.3. The van der Waals surface area contributed by atoms with Gasteiger partial charge in [0.1, 0.15) is 42.7 Å². The highest BCUT2D eigenvalue weighted by Crippen LogP contribution is 2.32. The quantitative estimate of drug-likeness (QED) is 0.0445. The van der Waals surface area contributed by atoms with E-state index in [1.165, 1.54) is 0 Å². The van der Waals surface area contributed by atoms with E-state index >= 15 is 0 Å². The Kier molecular flexibility index (Phi) is 18.7. The predicted molar refractivity (Wildman–Crippen MR) is 148 cm³/mol. The highest BCUT2D eigenvalue weighted by Gasteiger charge is 2.53. The van der Waals surface area contributed by atoms with E-state index in [0.29, 0.717) is 14.2 Å². The molecule has 0 aliphatic carbocycles. The zero-order valence-corrected chi connectivity index (χ0v) is 30.3. The van der Waals surface area contributed by atoms with Gasteiger partial charge in [0.25, 0.3) is 0 Å². The normalized spacial score (nSPS) is 26.2. The third-order valence-corrected chi connectivity index (χ3v) is 8.55. The first kappa shape index (κ1) is 48.3. The molecule has 11 atom stereocenters. The summed E-state index contributed by atoms with van der Waals surface area (Å²) in [6.07, 6.45) is -22.5. The molecule has 0 bridgehead atoms. The molecule has 2 unspecified atom stereocenters. The molecule has 0 aromatic carbocycles. The van der Waals surface area contributed by atoms with Crippen molar-refractivity contribution in [2.24, 2.45) is 0 Å². The molecule has 51 heavy (non-hydrogen) atoms. The first-order valence-electron chi connectivity index (χ1n) is 12.0. The maximum Gasteiger partial charge on any atom is 0.397 e. The molecule has 1 heterocycles. The SMILES string of the molecule is CO[C@@H]([C@H](OC)[C@@H](COS(=O)(=O)O)OS(=O)(=O)O)[C@@H](CO[C@@H]1O[C@H](COS(=O)(=O)O)[C@@H](OS(=O)[O-])[C@H](OS(=O)[O-])[C@H]1OS(=O)(=O)O)OS(=O)(=O)O. The van der Waals surface area contributed by atoms with Gasteiger partial charge >= 0.3 is 52.0 Å². The molecule has 0 spiro atoms. The molecule has 1 rings (SSSR count). The second-order valence-electron chi connectivity index (χ2n) is 8.84. The average Bonchev–Trinajstić information content (AvgIpc) is 2.90. The lowest BCUT2D eigenvalue weighted by atomic mass is 9.99. The molecule has 0 aromatic rings. The third kappa shape index (κ3) is 19.5. The van der Waals surface area contributed by atoms with Crippen LogP contribution in [0.25, 0.3) is 0 Å². The summed E-state index contributed by atoms with van der Waals surface area (Å²) in [5.74, 6) is 0. The summed E-state index contributed by atoms with van der Waals surface area (Å²) in [7, 11) is -26.6. The summed E-state index contributed by atoms with van der Waals surface area (Å²) >= 11 is -7.52. The van der Waals surface area contributed by atoms with Crippen LogP contribution in [0, 0.1) is 0 Å². The van der Waals surface area contributed by atoms with Gasteiger partial charge in [0.15, 0.2) is 12.4 Å². The van der Waals surface area contributed by atoms with E-state index in [9.17, 15) is 68.7 Å². The van der Waals surface area contributed by atoms with Crippen LogP contribution in [0.15, 0.2) is 0 Å². The van der Waals surface area contributed by atoms with Crippen molar-refractivity contribution in [1.82, 2.24) is 0 Å². The molecular formula is C14H26O30S7-2. The Labute approximate surface area is 293 Å². The number of hydrogen-bond acceptors (Lipinski definition) is 25. The van der Waals surface area contributed by atoms with Crippen LogP contribution in [0.1, 0.15) is 0 Å². The molecule has 0 radical (unpaired) electrons. The zero-order chi connectivity index (χ0) is 39.8. The van der Waals surface area contributed by atoms with Gasteiger partial charge in [-0.3, -0.25) is 31.1 Å². The maximum atomic E-state index is 11.7. The van der Waals surface area contributed by atoms with Crippen molar-refractivity contribution in [2.75, 3.05) is 34.0 Å². The van der Waals surface area contributed by atoms with Crippen molar-refractivity contribution in [2.45, 2.75) is 55.1 Å². The standard InChI is InChI=1S/C14H28O30S7/c1-34-9(10(35-2)8(43-50(28,29)30)5-38-48(22,23)24)7(42-49(25,26)27)3-36-14-13(44-51(31,32)33)12(41-46(17)18)11(40-45(15)16)6(39-14)4-37-47(19,20)21/h6-14H,3-5H2,1-2H3,(H,15,16)(H,17,18)(H,19,20,21)(H,22,23,24)(H,25,26,27)(H,28,29,30)(H,31,32,33)/p-2/t6-,7-,8-,9-,10-,11-,12+,13-,14-/m1/s1. The fourth-order valence-electron chi connectivity index (χ4n) is 3.95. The van der Waals surface area contributed by atoms with Crippen molar-refractivity contribution < 1.29 is 131 Å². The number of hydrogen-bond donors (Lipinski definition) is 5. The van der Waals surface area contributed by atoms with Gasteiger partial charge in [-0.2, -0.15) is 42.1 Å². The van der Waals surface area contributed by atoms with E-state index in [2.05, 4.69) is 29.3 Å². The van der Waals surface area contributed by atoms with Crippen molar-refractivity contribution in [3.63, 3.8) is 0 Å². The second kappa shape index (κ2) is 19.8. The van der Waals surface area contributed by atoms with Crippen LogP contribution in [-0.2, 0) is 123 Å². The smallest absolute Gasteiger partial charge is 0.397 e. The number of methoxy groups -OCH3 is 2. The lowest BCUT2D eigenvalue weighted by Gasteiger charge is -2.44. The third-order valence-electron chi connectivity index (χ3n) is 5.48. The largest absolute Gasteiger partial charge is 0.750 e. The van der Waals surface area contributed by atoms with Crippen LogP contribution in [0.5, 0.6) is 0 Å². The van der Waals surface area contributed by atoms with Gasteiger partial charge in [-0.25, -0.2) is 29.3 Å². The summed E-state index contributed by atoms with van der Waals surface area (Å²) in [5, 5.41) is 0. The fourth-order valence-corrected chi connectivity index (χ4v) is 6.82. The minimum atomic E-state index is -5.79. The molecule has 0 aromatic heterocycles. The minimum absolute atomic E-state index is 0.674. The molecule has 1 saturated heterocycles. The van der Waals surface area contributed by atoms with Gasteiger partial charge < -0.3 is 28.1 Å². The van der Waals surface area contributed by atoms with Gasteiger partial charge in [-0.05, 0) is 0 Å². The Morgan fingerprint density at radius 2 is 1.06 bits per heavy atom. The molecule has 1 aliphatic heterocycles. The summed E-state index contributed by atoms with van der Waals surface area (Å²) in [6.45, 7) is -4.66. The Morgan fingerprint density at radius 3 is 1.43 bits per heavy atom. The Bertz CT molecular complexity index is 1720. The maximum absolute atomic E-state index is 11.7. The molecule has 30 nitrogen and oxygen atoms in total. The topological polar surface area (TPSA) is 454 Å². The summed E-state index contributed by atoms with van der Waals surface area (Å²) in [5.41, 5.74) is 0. The molecular weight excluding hydrogens is 873 g/mol. The van der Waals surface area contributed by atoms with Gasteiger partial charge in [-0.15, -0.1) is 0 Å². The van der Waals surface area contributed by atoms with Crippen LogP contribution in [0.2, 0.25) is 0 Å². The first-order chi connectivity index (χ1) is 22.9. The summed E-state index contributed by atoms with van der Waals surface area (Å²) < 4.78 is 255. The van der Waals surface area contributed by atoms with Crippen molar-refractivity contribution in [3.05, 3.63) is 0 Å². The van der Waals surface area contributed by atoms with Crippen LogP contribution in [-0.4, -0.2) is 172 Å².